The van der Waals surface area contributed by atoms with Gasteiger partial charge in [-0.1, -0.05) is 53.5 Å². The number of halogens is 5. The Kier molecular flexibility index (Phi) is 10.8. The lowest BCUT2D eigenvalue weighted by atomic mass is 9.85. The quantitative estimate of drug-likeness (QED) is 0.146. The Morgan fingerprint density at radius 1 is 0.843 bits per heavy atom. The van der Waals surface area contributed by atoms with E-state index in [9.17, 15) is 18.0 Å². The third-order valence-corrected chi connectivity index (χ3v) is 9.58. The van der Waals surface area contributed by atoms with E-state index >= 15 is 0 Å². The van der Waals surface area contributed by atoms with Crippen LogP contribution < -0.4 is 15.4 Å². The van der Waals surface area contributed by atoms with Crippen LogP contribution >= 0.6 is 23.2 Å². The number of carboxylic acids is 1. The number of nitrogens with two attached hydrogens (primary N) is 1. The Bertz CT molecular complexity index is 1940. The first-order chi connectivity index (χ1) is 24.4. The monoisotopic (exact) mass is 738 g/mol. The molecular weight excluding hydrogens is 704 g/mol. The Labute approximate surface area is 302 Å². The highest BCUT2D eigenvalue weighted by atomic mass is 35.5. The van der Waals surface area contributed by atoms with Crippen molar-refractivity contribution in [2.75, 3.05) is 24.6 Å². The number of fused-ring (bicyclic) bond motifs is 1. The van der Waals surface area contributed by atoms with E-state index in [1.54, 1.807) is 0 Å². The molecule has 1 saturated heterocycles. The molecule has 51 heavy (non-hydrogen) atoms. The minimum absolute atomic E-state index is 0.0402. The van der Waals surface area contributed by atoms with E-state index in [4.69, 9.17) is 48.6 Å². The molecule has 0 unspecified atom stereocenters. The number of piperidine rings is 1. The van der Waals surface area contributed by atoms with Gasteiger partial charge in [0.25, 0.3) is 5.91 Å². The fourth-order valence-corrected chi connectivity index (χ4v) is 6.75. The van der Waals surface area contributed by atoms with Crippen LogP contribution in [-0.2, 0) is 9.59 Å². The van der Waals surface area contributed by atoms with Gasteiger partial charge in [0.1, 0.15) is 11.6 Å². The lowest BCUT2D eigenvalue weighted by Crippen LogP contribution is -2.35. The molecule has 5 aromatic rings. The van der Waals surface area contributed by atoms with Crippen molar-refractivity contribution in [2.45, 2.75) is 49.7 Å². The molecule has 1 aliphatic heterocycles. The van der Waals surface area contributed by atoms with E-state index in [1.165, 1.54) is 40.9 Å². The van der Waals surface area contributed by atoms with E-state index in [0.717, 1.165) is 47.2 Å². The summed E-state index contributed by atoms with van der Waals surface area (Å²) in [6.45, 7) is 1.79. The summed E-state index contributed by atoms with van der Waals surface area (Å²) < 4.78 is 39.7. The number of carboxylic acid groups (broad SMARTS) is 1. The second kappa shape index (κ2) is 15.2. The van der Waals surface area contributed by atoms with Crippen LogP contribution in [0.5, 0.6) is 5.75 Å². The molecule has 0 atom stereocenters. The number of nitrogens with zero attached hydrogens (tertiary/aromatic N) is 3. The minimum Gasteiger partial charge on any atom is -0.484 e. The Balaban J connectivity index is 0.000000582. The van der Waals surface area contributed by atoms with E-state index in [1.807, 2.05) is 36.4 Å². The predicted molar refractivity (Wildman–Crippen MR) is 191 cm³/mol. The number of amides is 1. The van der Waals surface area contributed by atoms with Gasteiger partial charge in [0.05, 0.1) is 11.0 Å². The van der Waals surface area contributed by atoms with Gasteiger partial charge in [-0.15, -0.1) is 0 Å². The number of primary amides is 1. The molecule has 0 bridgehead atoms. The first-order valence-electron chi connectivity index (χ1n) is 16.5. The molecule has 266 valence electrons. The molecule has 1 saturated carbocycles. The van der Waals surface area contributed by atoms with Crippen LogP contribution in [0.4, 0.5) is 18.9 Å². The van der Waals surface area contributed by atoms with Gasteiger partial charge in [-0.25, -0.2) is 9.78 Å². The van der Waals surface area contributed by atoms with Crippen LogP contribution in [-0.4, -0.2) is 52.4 Å². The largest absolute Gasteiger partial charge is 0.490 e. The number of hydrogen-bond acceptors (Lipinski definition) is 5. The molecule has 2 fully saturated rings. The standard InChI is InChI=1S/C36H34Cl2N4O2.C2HF3O2/c37-27-8-3-23(4-9-27)35(24-5-10-28(38)11-6-24)26-7-16-32-33(21-26)42(36(40-32)25-1-2-25)30-17-19-41(20-18-30)29-12-14-31(15-13-29)44-22-34(39)43;3-2(4,5)1(6)7/h3-16,21,25,30,35H,1-2,17-20,22H2,(H2,39,43);(H,6,7). The molecule has 1 aromatic heterocycles. The third-order valence-electron chi connectivity index (χ3n) is 9.08. The van der Waals surface area contributed by atoms with Crippen LogP contribution in [0.3, 0.4) is 0 Å². The molecule has 8 nitrogen and oxygen atoms in total. The number of anilines is 1. The lowest BCUT2D eigenvalue weighted by Gasteiger charge is -2.35. The van der Waals surface area contributed by atoms with Crippen molar-refractivity contribution >= 4 is 51.8 Å². The van der Waals surface area contributed by atoms with Crippen molar-refractivity contribution < 1.29 is 32.6 Å². The van der Waals surface area contributed by atoms with Crippen LogP contribution in [0.2, 0.25) is 10.0 Å². The zero-order valence-corrected chi connectivity index (χ0v) is 28.8. The van der Waals surface area contributed by atoms with Gasteiger partial charge < -0.3 is 25.0 Å². The molecule has 7 rings (SSSR count). The molecular formula is C38H35Cl2F3N4O4. The summed E-state index contributed by atoms with van der Waals surface area (Å²) in [5, 5.41) is 8.58. The van der Waals surface area contributed by atoms with Gasteiger partial charge in [-0.05, 0) is 103 Å². The van der Waals surface area contributed by atoms with E-state index < -0.39 is 18.1 Å². The number of ether oxygens (including phenoxy) is 1. The van der Waals surface area contributed by atoms with E-state index in [2.05, 4.69) is 64.1 Å². The summed E-state index contributed by atoms with van der Waals surface area (Å²) in [4.78, 5) is 27.6. The zero-order chi connectivity index (χ0) is 36.3. The number of carbonyl (C=O) groups excluding carboxylic acids is 1. The highest BCUT2D eigenvalue weighted by Gasteiger charge is 2.38. The van der Waals surface area contributed by atoms with E-state index in [-0.39, 0.29) is 12.5 Å². The molecule has 0 spiro atoms. The van der Waals surface area contributed by atoms with Crippen LogP contribution in [0.25, 0.3) is 11.0 Å². The highest BCUT2D eigenvalue weighted by Crippen LogP contribution is 2.44. The van der Waals surface area contributed by atoms with Crippen LogP contribution in [0.15, 0.2) is 91.0 Å². The zero-order valence-electron chi connectivity index (χ0n) is 27.3. The maximum atomic E-state index is 11.0. The summed E-state index contributed by atoms with van der Waals surface area (Å²) >= 11 is 12.6. The number of rotatable bonds is 9. The van der Waals surface area contributed by atoms with Gasteiger partial charge in [0, 0.05) is 46.7 Å². The van der Waals surface area contributed by atoms with Gasteiger partial charge in [-0.3, -0.25) is 4.79 Å². The first kappa shape index (κ1) is 36.1. The lowest BCUT2D eigenvalue weighted by molar-refractivity contribution is -0.192. The maximum Gasteiger partial charge on any atom is 0.490 e. The number of alkyl halides is 3. The summed E-state index contributed by atoms with van der Waals surface area (Å²) in [6.07, 6.45) is -0.602. The number of aromatic nitrogens is 2. The Hall–Kier alpha value is -4.74. The SMILES string of the molecule is NC(=O)COc1ccc(N2CCC(n3c(C4CC4)nc4ccc(C(c5ccc(Cl)cc5)c5ccc(Cl)cc5)cc43)CC2)cc1.O=C(O)C(F)(F)F. The van der Waals surface area contributed by atoms with Crippen molar-refractivity contribution in [1.82, 2.24) is 9.55 Å². The van der Waals surface area contributed by atoms with Crippen molar-refractivity contribution in [3.63, 3.8) is 0 Å². The number of carbonyl (C=O) groups is 2. The summed E-state index contributed by atoms with van der Waals surface area (Å²) in [6, 6.07) is 31.4. The molecule has 4 aromatic carbocycles. The molecule has 0 radical (unpaired) electrons. The average molecular weight is 740 g/mol. The number of aliphatic carboxylic acids is 1. The minimum atomic E-state index is -5.08. The highest BCUT2D eigenvalue weighted by molar-refractivity contribution is 6.30. The Morgan fingerprint density at radius 3 is 1.86 bits per heavy atom. The molecule has 2 aliphatic rings. The fraction of sp³-hybridized carbons (Fsp3) is 0.289. The number of hydrogen-bond donors (Lipinski definition) is 2. The first-order valence-corrected chi connectivity index (χ1v) is 17.2. The van der Waals surface area contributed by atoms with Gasteiger partial charge in [-0.2, -0.15) is 13.2 Å². The maximum absolute atomic E-state index is 11.0. The average Bonchev–Trinajstić information content (AvgIpc) is 3.89. The van der Waals surface area contributed by atoms with E-state index in [0.29, 0.717) is 17.7 Å². The summed E-state index contributed by atoms with van der Waals surface area (Å²) in [7, 11) is 0. The Morgan fingerprint density at radius 2 is 1.37 bits per heavy atom. The molecule has 2 heterocycles. The van der Waals surface area contributed by atoms with Crippen LogP contribution in [0.1, 0.15) is 66.1 Å². The van der Waals surface area contributed by atoms with Gasteiger partial charge in [0.15, 0.2) is 6.61 Å². The smallest absolute Gasteiger partial charge is 0.484 e. The third kappa shape index (κ3) is 8.77. The molecule has 3 N–H and O–H groups in total. The van der Waals surface area contributed by atoms with Crippen LogP contribution in [0, 0.1) is 0 Å². The van der Waals surface area contributed by atoms with Crippen molar-refractivity contribution in [3.8, 4) is 5.75 Å². The molecule has 13 heteroatoms. The normalized spacial score (nSPS) is 15.1. The predicted octanol–water partition coefficient (Wildman–Crippen LogP) is 8.74. The molecule has 1 aliphatic carbocycles. The number of imidazole rings is 1. The topological polar surface area (TPSA) is 111 Å². The van der Waals surface area contributed by atoms with Crippen molar-refractivity contribution in [3.05, 3.63) is 124 Å². The van der Waals surface area contributed by atoms with Gasteiger partial charge in [0.2, 0.25) is 0 Å². The van der Waals surface area contributed by atoms with Crippen molar-refractivity contribution in [2.24, 2.45) is 5.73 Å². The van der Waals surface area contributed by atoms with Crippen molar-refractivity contribution in [1.29, 1.82) is 0 Å². The van der Waals surface area contributed by atoms with Gasteiger partial charge >= 0.3 is 12.1 Å². The second-order valence-electron chi connectivity index (χ2n) is 12.7. The summed E-state index contributed by atoms with van der Waals surface area (Å²) in [5.41, 5.74) is 12.2. The number of benzene rings is 4. The second-order valence-corrected chi connectivity index (χ2v) is 13.5. The fourth-order valence-electron chi connectivity index (χ4n) is 6.50. The summed E-state index contributed by atoms with van der Waals surface area (Å²) in [5.74, 6) is -0.772. The molecule has 1 amide bonds.